The Kier molecular flexibility index (Phi) is 2.99. The summed E-state index contributed by atoms with van der Waals surface area (Å²) in [5.41, 5.74) is 0.295. The molecule has 4 heteroatoms. The summed E-state index contributed by atoms with van der Waals surface area (Å²) in [6, 6.07) is 0. The summed E-state index contributed by atoms with van der Waals surface area (Å²) in [6.07, 6.45) is 2.19. The highest BCUT2D eigenvalue weighted by atomic mass is 19.3. The second-order valence-electron chi connectivity index (χ2n) is 5.15. The van der Waals surface area contributed by atoms with Crippen LogP contribution in [0, 0.1) is 5.41 Å². The second-order valence-corrected chi connectivity index (χ2v) is 5.15. The van der Waals surface area contributed by atoms with E-state index in [1.807, 2.05) is 0 Å². The van der Waals surface area contributed by atoms with E-state index in [0.717, 1.165) is 46.1 Å². The van der Waals surface area contributed by atoms with E-state index >= 15 is 0 Å². The van der Waals surface area contributed by atoms with E-state index in [2.05, 4.69) is 4.90 Å². The van der Waals surface area contributed by atoms with E-state index in [4.69, 9.17) is 4.74 Å². The van der Waals surface area contributed by atoms with Crippen LogP contribution in [-0.4, -0.2) is 43.7 Å². The Labute approximate surface area is 89.6 Å². The quantitative estimate of drug-likeness (QED) is 0.721. The van der Waals surface area contributed by atoms with Gasteiger partial charge in [-0.3, -0.25) is 0 Å². The molecule has 0 aromatic rings. The smallest absolute Gasteiger partial charge is 0.246 e. The van der Waals surface area contributed by atoms with Crippen molar-refractivity contribution in [2.45, 2.75) is 32.1 Å². The second kappa shape index (κ2) is 3.98. The third-order valence-corrected chi connectivity index (χ3v) is 3.57. The van der Waals surface area contributed by atoms with Gasteiger partial charge >= 0.3 is 0 Å². The Morgan fingerprint density at radius 2 is 2.20 bits per heavy atom. The average molecular weight is 219 g/mol. The predicted octanol–water partition coefficient (Wildman–Crippen LogP) is 2.14. The average Bonchev–Trinajstić information content (AvgIpc) is 2.73. The molecule has 0 amide bonds. The Balaban J connectivity index is 1.78. The number of nitrogens with zero attached hydrogens (tertiary/aromatic N) is 1. The van der Waals surface area contributed by atoms with Crippen LogP contribution in [0.3, 0.4) is 0 Å². The lowest BCUT2D eigenvalue weighted by atomic mass is 9.87. The molecule has 2 heterocycles. The summed E-state index contributed by atoms with van der Waals surface area (Å²) >= 11 is 0. The number of likely N-dealkylation sites (tertiary alicyclic amines) is 1. The number of ether oxygens (including phenoxy) is 1. The number of halogens is 2. The van der Waals surface area contributed by atoms with E-state index in [1.54, 1.807) is 0 Å². The minimum Gasteiger partial charge on any atom is -0.381 e. The van der Waals surface area contributed by atoms with E-state index < -0.39 is 5.92 Å². The zero-order valence-corrected chi connectivity index (χ0v) is 9.27. The van der Waals surface area contributed by atoms with Crippen molar-refractivity contribution in [2.75, 3.05) is 32.8 Å². The lowest BCUT2D eigenvalue weighted by molar-refractivity contribution is 0.00412. The molecule has 2 fully saturated rings. The van der Waals surface area contributed by atoms with Crippen molar-refractivity contribution < 1.29 is 13.5 Å². The molecule has 2 aliphatic heterocycles. The SMILES string of the molecule is CC(F)(F)CCN1CC[C@@]2(CCOC2)C1. The summed E-state index contributed by atoms with van der Waals surface area (Å²) in [5, 5.41) is 0. The molecule has 0 bridgehead atoms. The van der Waals surface area contributed by atoms with Crippen molar-refractivity contribution in [3.63, 3.8) is 0 Å². The van der Waals surface area contributed by atoms with Gasteiger partial charge in [0.05, 0.1) is 6.61 Å². The zero-order valence-electron chi connectivity index (χ0n) is 9.27. The van der Waals surface area contributed by atoms with E-state index in [1.165, 1.54) is 0 Å². The minimum absolute atomic E-state index is 0.0239. The molecule has 2 saturated heterocycles. The topological polar surface area (TPSA) is 12.5 Å². The van der Waals surface area contributed by atoms with Crippen LogP contribution in [0.1, 0.15) is 26.2 Å². The normalized spacial score (nSPS) is 33.0. The fraction of sp³-hybridized carbons (Fsp3) is 1.00. The number of hydrogen-bond donors (Lipinski definition) is 0. The molecule has 88 valence electrons. The fourth-order valence-electron chi connectivity index (χ4n) is 2.54. The molecule has 2 aliphatic rings. The van der Waals surface area contributed by atoms with Gasteiger partial charge in [-0.25, -0.2) is 8.78 Å². The molecule has 1 atom stereocenters. The maximum atomic E-state index is 12.7. The molecule has 0 aromatic carbocycles. The van der Waals surface area contributed by atoms with Gasteiger partial charge in [0.25, 0.3) is 0 Å². The molecule has 0 aromatic heterocycles. The van der Waals surface area contributed by atoms with Crippen LogP contribution in [0.2, 0.25) is 0 Å². The first-order valence-corrected chi connectivity index (χ1v) is 5.67. The van der Waals surface area contributed by atoms with Gasteiger partial charge < -0.3 is 9.64 Å². The van der Waals surface area contributed by atoms with Gasteiger partial charge in [0.15, 0.2) is 0 Å². The van der Waals surface area contributed by atoms with Gasteiger partial charge in [-0.2, -0.15) is 0 Å². The van der Waals surface area contributed by atoms with Gasteiger partial charge in [0, 0.05) is 31.5 Å². The predicted molar refractivity (Wildman–Crippen MR) is 54.2 cm³/mol. The van der Waals surface area contributed by atoms with Crippen LogP contribution >= 0.6 is 0 Å². The highest BCUT2D eigenvalue weighted by Crippen LogP contribution is 2.38. The molecular weight excluding hydrogens is 200 g/mol. The van der Waals surface area contributed by atoms with Crippen molar-refractivity contribution >= 4 is 0 Å². The van der Waals surface area contributed by atoms with Gasteiger partial charge in [0.2, 0.25) is 5.92 Å². The summed E-state index contributed by atoms with van der Waals surface area (Å²) in [7, 11) is 0. The maximum absolute atomic E-state index is 12.7. The molecular formula is C11H19F2NO. The molecule has 2 nitrogen and oxygen atoms in total. The third-order valence-electron chi connectivity index (χ3n) is 3.57. The third kappa shape index (κ3) is 2.88. The Morgan fingerprint density at radius 1 is 1.40 bits per heavy atom. The molecule has 0 aliphatic carbocycles. The Hall–Kier alpha value is -0.220. The molecule has 15 heavy (non-hydrogen) atoms. The molecule has 1 spiro atoms. The van der Waals surface area contributed by atoms with Gasteiger partial charge in [-0.15, -0.1) is 0 Å². The lowest BCUT2D eigenvalue weighted by Gasteiger charge is -2.22. The first-order chi connectivity index (χ1) is 6.99. The van der Waals surface area contributed by atoms with Crippen molar-refractivity contribution in [2.24, 2.45) is 5.41 Å². The first-order valence-electron chi connectivity index (χ1n) is 5.67. The van der Waals surface area contributed by atoms with Crippen LogP contribution in [0.15, 0.2) is 0 Å². The molecule has 0 radical (unpaired) electrons. The van der Waals surface area contributed by atoms with E-state index in [9.17, 15) is 8.78 Å². The Bertz CT molecular complexity index is 221. The number of alkyl halides is 2. The van der Waals surface area contributed by atoms with Gasteiger partial charge in [-0.1, -0.05) is 0 Å². The Morgan fingerprint density at radius 3 is 2.80 bits per heavy atom. The van der Waals surface area contributed by atoms with Gasteiger partial charge in [-0.05, 0) is 26.3 Å². The van der Waals surface area contributed by atoms with Crippen molar-refractivity contribution in [3.8, 4) is 0 Å². The molecule has 0 saturated carbocycles. The highest BCUT2D eigenvalue weighted by molar-refractivity contribution is 4.92. The minimum atomic E-state index is -2.53. The lowest BCUT2D eigenvalue weighted by Crippen LogP contribution is -2.30. The standard InChI is InChI=1S/C11H19F2NO/c1-10(12,13)2-5-14-6-3-11(8-14)4-7-15-9-11/h2-9H2,1H3/t11-/m1/s1. The van der Waals surface area contributed by atoms with Crippen LogP contribution in [0.25, 0.3) is 0 Å². The molecule has 0 N–H and O–H groups in total. The van der Waals surface area contributed by atoms with Crippen LogP contribution in [-0.2, 0) is 4.74 Å². The van der Waals surface area contributed by atoms with Crippen LogP contribution < -0.4 is 0 Å². The molecule has 2 rings (SSSR count). The van der Waals surface area contributed by atoms with Crippen LogP contribution in [0.5, 0.6) is 0 Å². The maximum Gasteiger partial charge on any atom is 0.246 e. The van der Waals surface area contributed by atoms with Crippen molar-refractivity contribution in [1.29, 1.82) is 0 Å². The first kappa shape index (κ1) is 11.3. The largest absolute Gasteiger partial charge is 0.381 e. The zero-order chi connectivity index (χ0) is 10.9. The van der Waals surface area contributed by atoms with E-state index in [0.29, 0.717) is 12.0 Å². The van der Waals surface area contributed by atoms with Crippen molar-refractivity contribution in [3.05, 3.63) is 0 Å². The summed E-state index contributed by atoms with van der Waals surface area (Å²) in [5.74, 6) is -2.53. The number of hydrogen-bond acceptors (Lipinski definition) is 2. The van der Waals surface area contributed by atoms with Crippen molar-refractivity contribution in [1.82, 2.24) is 4.90 Å². The molecule has 0 unspecified atom stereocenters. The fourth-order valence-corrected chi connectivity index (χ4v) is 2.54. The highest BCUT2D eigenvalue weighted by Gasteiger charge is 2.41. The summed E-state index contributed by atoms with van der Waals surface area (Å²) in [6.45, 7) is 5.09. The summed E-state index contributed by atoms with van der Waals surface area (Å²) in [4.78, 5) is 2.16. The number of rotatable bonds is 3. The van der Waals surface area contributed by atoms with Crippen LogP contribution in [0.4, 0.5) is 8.78 Å². The monoisotopic (exact) mass is 219 g/mol. The van der Waals surface area contributed by atoms with E-state index in [-0.39, 0.29) is 6.42 Å². The summed E-state index contributed by atoms with van der Waals surface area (Å²) < 4.78 is 30.8. The van der Waals surface area contributed by atoms with Gasteiger partial charge in [0.1, 0.15) is 0 Å².